The van der Waals surface area contributed by atoms with Crippen LogP contribution < -0.4 is 0 Å². The third kappa shape index (κ3) is 8.03. The molecule has 4 nitrogen and oxygen atoms in total. The van der Waals surface area contributed by atoms with Crippen molar-refractivity contribution in [1.29, 1.82) is 0 Å². The molecule has 0 amide bonds. The zero-order valence-corrected chi connectivity index (χ0v) is 9.74. The molecule has 2 N–H and O–H groups in total. The first-order valence-electron chi connectivity index (χ1n) is 5.74. The molecule has 0 aliphatic heterocycles. The number of rotatable bonds is 9. The topological polar surface area (TPSA) is 74.6 Å². The number of aliphatic carboxylic acids is 1. The summed E-state index contributed by atoms with van der Waals surface area (Å²) in [6.45, 7) is 2.14. The van der Waals surface area contributed by atoms with Crippen LogP contribution >= 0.6 is 0 Å². The maximum atomic E-state index is 11.1. The fourth-order valence-electron chi connectivity index (χ4n) is 1.37. The largest absolute Gasteiger partial charge is 0.502 e. The van der Waals surface area contributed by atoms with Gasteiger partial charge in [-0.05, 0) is 6.42 Å². The lowest BCUT2D eigenvalue weighted by molar-refractivity contribution is -0.135. The van der Waals surface area contributed by atoms with Gasteiger partial charge in [0.05, 0.1) is 0 Å². The van der Waals surface area contributed by atoms with Gasteiger partial charge in [0.2, 0.25) is 5.76 Å². The van der Waals surface area contributed by atoms with Crippen molar-refractivity contribution >= 4 is 11.8 Å². The molecule has 0 heterocycles. The van der Waals surface area contributed by atoms with Crippen molar-refractivity contribution in [2.45, 2.75) is 51.9 Å². The van der Waals surface area contributed by atoms with E-state index in [-0.39, 0.29) is 5.78 Å². The van der Waals surface area contributed by atoms with Crippen LogP contribution in [-0.4, -0.2) is 22.0 Å². The molecule has 0 aromatic rings. The van der Waals surface area contributed by atoms with Gasteiger partial charge in [0.1, 0.15) is 0 Å². The minimum absolute atomic E-state index is 0.309. The maximum Gasteiger partial charge on any atom is 0.371 e. The molecule has 0 saturated carbocycles. The molecule has 92 valence electrons. The Labute approximate surface area is 96.0 Å². The summed E-state index contributed by atoms with van der Waals surface area (Å²) in [6.07, 6.45) is 7.52. The lowest BCUT2D eigenvalue weighted by atomic mass is 10.1. The average Bonchev–Trinajstić information content (AvgIpc) is 2.23. The third-order valence-corrected chi connectivity index (χ3v) is 2.29. The maximum absolute atomic E-state index is 11.1. The molecular formula is C12H20O4. The van der Waals surface area contributed by atoms with Gasteiger partial charge in [0, 0.05) is 12.5 Å². The van der Waals surface area contributed by atoms with E-state index in [1.54, 1.807) is 0 Å². The number of ketones is 1. The summed E-state index contributed by atoms with van der Waals surface area (Å²) in [6, 6.07) is 0. The van der Waals surface area contributed by atoms with Crippen LogP contribution in [0.4, 0.5) is 0 Å². The van der Waals surface area contributed by atoms with Gasteiger partial charge in [-0.2, -0.15) is 0 Å². The van der Waals surface area contributed by atoms with Gasteiger partial charge in [-0.25, -0.2) is 4.79 Å². The quantitative estimate of drug-likeness (QED) is 0.361. The minimum Gasteiger partial charge on any atom is -0.502 e. The number of aliphatic hydroxyl groups is 1. The predicted molar refractivity (Wildman–Crippen MR) is 61.3 cm³/mol. The van der Waals surface area contributed by atoms with Gasteiger partial charge < -0.3 is 10.2 Å². The van der Waals surface area contributed by atoms with Crippen LogP contribution in [0.2, 0.25) is 0 Å². The highest BCUT2D eigenvalue weighted by atomic mass is 16.4. The molecule has 0 aromatic carbocycles. The summed E-state index contributed by atoms with van der Waals surface area (Å²) in [5.74, 6) is -2.66. The van der Waals surface area contributed by atoms with Crippen molar-refractivity contribution in [1.82, 2.24) is 0 Å². The van der Waals surface area contributed by atoms with E-state index >= 15 is 0 Å². The zero-order chi connectivity index (χ0) is 12.4. The first-order valence-corrected chi connectivity index (χ1v) is 5.74. The second-order valence-corrected chi connectivity index (χ2v) is 3.82. The Balaban J connectivity index is 3.59. The number of unbranched alkanes of at least 4 members (excludes halogenated alkanes) is 5. The Morgan fingerprint density at radius 1 is 1.00 bits per heavy atom. The molecule has 0 fully saturated rings. The Morgan fingerprint density at radius 3 is 2.12 bits per heavy atom. The Morgan fingerprint density at radius 2 is 1.56 bits per heavy atom. The molecular weight excluding hydrogens is 208 g/mol. The zero-order valence-electron chi connectivity index (χ0n) is 9.74. The molecule has 0 bridgehead atoms. The summed E-state index contributed by atoms with van der Waals surface area (Å²) in [5, 5.41) is 17.1. The normalized spacial score (nSPS) is 11.4. The predicted octanol–water partition coefficient (Wildman–Crippen LogP) is 2.83. The van der Waals surface area contributed by atoms with Crippen LogP contribution in [0.1, 0.15) is 51.9 Å². The molecule has 0 rings (SSSR count). The van der Waals surface area contributed by atoms with Gasteiger partial charge >= 0.3 is 5.97 Å². The molecule has 0 radical (unpaired) electrons. The molecule has 0 aromatic heterocycles. The number of hydrogen-bond acceptors (Lipinski definition) is 3. The summed E-state index contributed by atoms with van der Waals surface area (Å²) >= 11 is 0. The summed E-state index contributed by atoms with van der Waals surface area (Å²) in [5.41, 5.74) is 0. The highest BCUT2D eigenvalue weighted by Crippen LogP contribution is 2.07. The molecule has 16 heavy (non-hydrogen) atoms. The number of carboxylic acids is 1. The summed E-state index contributed by atoms with van der Waals surface area (Å²) < 4.78 is 0. The van der Waals surface area contributed by atoms with Gasteiger partial charge in [-0.3, -0.25) is 4.79 Å². The van der Waals surface area contributed by atoms with Crippen molar-refractivity contribution in [2.24, 2.45) is 0 Å². The molecule has 0 atom stereocenters. The second-order valence-electron chi connectivity index (χ2n) is 3.82. The van der Waals surface area contributed by atoms with E-state index in [2.05, 4.69) is 6.92 Å². The molecule has 4 heteroatoms. The highest BCUT2D eigenvalue weighted by molar-refractivity contribution is 5.97. The first kappa shape index (κ1) is 14.7. The first-order chi connectivity index (χ1) is 7.57. The van der Waals surface area contributed by atoms with Gasteiger partial charge in [0.15, 0.2) is 5.78 Å². The fraction of sp³-hybridized carbons (Fsp3) is 0.667. The van der Waals surface area contributed by atoms with E-state index in [0.717, 1.165) is 25.3 Å². The van der Waals surface area contributed by atoms with Crippen LogP contribution in [0.3, 0.4) is 0 Å². The second kappa shape index (κ2) is 8.95. The van der Waals surface area contributed by atoms with Crippen LogP contribution in [0, 0.1) is 0 Å². The van der Waals surface area contributed by atoms with Crippen molar-refractivity contribution < 1.29 is 19.8 Å². The van der Waals surface area contributed by atoms with E-state index in [1.807, 2.05) is 0 Å². The number of carbonyl (C=O) groups excluding carboxylic acids is 1. The molecule has 0 saturated heterocycles. The van der Waals surface area contributed by atoms with Crippen molar-refractivity contribution in [3.05, 3.63) is 11.8 Å². The monoisotopic (exact) mass is 228 g/mol. The van der Waals surface area contributed by atoms with Crippen molar-refractivity contribution in [3.8, 4) is 0 Å². The van der Waals surface area contributed by atoms with E-state index in [1.165, 1.54) is 19.3 Å². The molecule has 0 unspecified atom stereocenters. The minimum atomic E-state index is -1.46. The van der Waals surface area contributed by atoms with Crippen molar-refractivity contribution in [3.63, 3.8) is 0 Å². The number of aliphatic hydroxyl groups excluding tert-OH is 1. The van der Waals surface area contributed by atoms with Gasteiger partial charge in [-0.15, -0.1) is 0 Å². The number of hydrogen-bond donors (Lipinski definition) is 2. The van der Waals surface area contributed by atoms with Crippen LogP contribution in [0.25, 0.3) is 0 Å². The van der Waals surface area contributed by atoms with Crippen LogP contribution in [-0.2, 0) is 9.59 Å². The van der Waals surface area contributed by atoms with Crippen molar-refractivity contribution in [2.75, 3.05) is 0 Å². The van der Waals surface area contributed by atoms with E-state index in [0.29, 0.717) is 6.42 Å². The smallest absolute Gasteiger partial charge is 0.371 e. The Bertz CT molecular complexity index is 256. The SMILES string of the molecule is CCCCCCCCC(=O)C=C(O)C(=O)O. The fourth-order valence-corrected chi connectivity index (χ4v) is 1.37. The standard InChI is InChI=1S/C12H20O4/c1-2-3-4-5-6-7-8-10(13)9-11(14)12(15)16/h9,14H,2-8H2,1H3,(H,15,16). The van der Waals surface area contributed by atoms with Gasteiger partial charge in [-0.1, -0.05) is 39.0 Å². The number of carboxylic acid groups (broad SMARTS) is 1. The average molecular weight is 228 g/mol. The number of carbonyl (C=O) groups is 2. The molecule has 0 spiro atoms. The lowest BCUT2D eigenvalue weighted by Gasteiger charge is -1.98. The Kier molecular flexibility index (Phi) is 8.21. The van der Waals surface area contributed by atoms with Crippen LogP contribution in [0.15, 0.2) is 11.8 Å². The molecule has 0 aliphatic rings. The number of allylic oxidation sites excluding steroid dienone is 1. The van der Waals surface area contributed by atoms with Gasteiger partial charge in [0.25, 0.3) is 0 Å². The highest BCUT2D eigenvalue weighted by Gasteiger charge is 2.06. The van der Waals surface area contributed by atoms with E-state index in [4.69, 9.17) is 10.2 Å². The Hall–Kier alpha value is -1.32. The van der Waals surface area contributed by atoms with E-state index in [9.17, 15) is 9.59 Å². The third-order valence-electron chi connectivity index (χ3n) is 2.29. The summed E-state index contributed by atoms with van der Waals surface area (Å²) in [7, 11) is 0. The lowest BCUT2D eigenvalue weighted by Crippen LogP contribution is -2.03. The van der Waals surface area contributed by atoms with E-state index < -0.39 is 11.7 Å². The molecule has 0 aliphatic carbocycles. The summed E-state index contributed by atoms with van der Waals surface area (Å²) in [4.78, 5) is 21.4. The van der Waals surface area contributed by atoms with Crippen LogP contribution in [0.5, 0.6) is 0 Å².